The summed E-state index contributed by atoms with van der Waals surface area (Å²) in [6.45, 7) is 5.67. The van der Waals surface area contributed by atoms with Gasteiger partial charge in [-0.3, -0.25) is 4.98 Å². The van der Waals surface area contributed by atoms with Crippen LogP contribution < -0.4 is 10.2 Å². The highest BCUT2D eigenvalue weighted by Gasteiger charge is 2.23. The molecule has 29 heavy (non-hydrogen) atoms. The summed E-state index contributed by atoms with van der Waals surface area (Å²) in [5.41, 5.74) is 5.30. The first-order chi connectivity index (χ1) is 14.1. The van der Waals surface area contributed by atoms with Gasteiger partial charge in [0.15, 0.2) is 0 Å². The van der Waals surface area contributed by atoms with Crippen LogP contribution in [0.5, 0.6) is 0 Å². The lowest BCUT2D eigenvalue weighted by atomic mass is 10.0. The van der Waals surface area contributed by atoms with E-state index in [1.165, 1.54) is 0 Å². The summed E-state index contributed by atoms with van der Waals surface area (Å²) < 4.78 is 0. The van der Waals surface area contributed by atoms with Crippen molar-refractivity contribution in [2.24, 2.45) is 0 Å². The molecule has 7 nitrogen and oxygen atoms in total. The molecule has 1 unspecified atom stereocenters. The second kappa shape index (κ2) is 8.53. The molecule has 4 heterocycles. The van der Waals surface area contributed by atoms with Gasteiger partial charge in [-0.05, 0) is 43.5 Å². The van der Waals surface area contributed by atoms with Crippen molar-refractivity contribution < 1.29 is 5.11 Å². The molecule has 3 aromatic rings. The number of nitrogens with one attached hydrogen (secondary N) is 1. The molecule has 4 rings (SSSR count). The Morgan fingerprint density at radius 3 is 2.69 bits per heavy atom. The maximum Gasteiger partial charge on any atom is 0.135 e. The molecule has 0 spiro atoms. The van der Waals surface area contributed by atoms with Gasteiger partial charge in [0.1, 0.15) is 18.0 Å². The van der Waals surface area contributed by atoms with E-state index in [1.807, 2.05) is 38.4 Å². The van der Waals surface area contributed by atoms with Gasteiger partial charge >= 0.3 is 0 Å². The standard InChI is InChI=1S/C22H26N6O/c1-15-3-6-21(24-11-15)28-9-7-20-18(13-28)22(26-14-25-20)27-19(8-10-29)17-5-4-16(2)23-12-17/h3-6,11-12,14,19,29H,7-10,13H2,1-2H3,(H,25,26,27). The fourth-order valence-corrected chi connectivity index (χ4v) is 3.61. The Morgan fingerprint density at radius 1 is 1.07 bits per heavy atom. The van der Waals surface area contributed by atoms with Gasteiger partial charge in [-0.2, -0.15) is 0 Å². The third-order valence-corrected chi connectivity index (χ3v) is 5.29. The lowest BCUT2D eigenvalue weighted by Crippen LogP contribution is -2.32. The van der Waals surface area contributed by atoms with Gasteiger partial charge in [-0.1, -0.05) is 12.1 Å². The van der Waals surface area contributed by atoms with Crippen LogP contribution in [-0.2, 0) is 13.0 Å². The van der Waals surface area contributed by atoms with Gasteiger partial charge in [0.25, 0.3) is 0 Å². The molecule has 0 amide bonds. The van der Waals surface area contributed by atoms with Crippen LogP contribution in [0, 0.1) is 13.8 Å². The lowest BCUT2D eigenvalue weighted by molar-refractivity contribution is 0.280. The van der Waals surface area contributed by atoms with E-state index in [2.05, 4.69) is 42.3 Å². The van der Waals surface area contributed by atoms with Crippen molar-refractivity contribution in [3.8, 4) is 0 Å². The fourth-order valence-electron chi connectivity index (χ4n) is 3.61. The van der Waals surface area contributed by atoms with Crippen molar-refractivity contribution >= 4 is 11.6 Å². The van der Waals surface area contributed by atoms with Crippen LogP contribution in [0.1, 0.15) is 40.5 Å². The number of fused-ring (bicyclic) bond motifs is 1. The minimum Gasteiger partial charge on any atom is -0.396 e. The molecule has 0 fully saturated rings. The molecule has 0 bridgehead atoms. The molecule has 150 valence electrons. The molecule has 0 saturated heterocycles. The third-order valence-electron chi connectivity index (χ3n) is 5.29. The molecule has 1 aliphatic heterocycles. The number of aryl methyl sites for hydroxylation is 2. The second-order valence-electron chi connectivity index (χ2n) is 7.45. The Balaban J connectivity index is 1.60. The van der Waals surface area contributed by atoms with Gasteiger partial charge < -0.3 is 15.3 Å². The van der Waals surface area contributed by atoms with E-state index in [9.17, 15) is 5.11 Å². The Hall–Kier alpha value is -3.06. The summed E-state index contributed by atoms with van der Waals surface area (Å²) in [5.74, 6) is 1.77. The molecular weight excluding hydrogens is 364 g/mol. The van der Waals surface area contributed by atoms with E-state index in [4.69, 9.17) is 0 Å². The van der Waals surface area contributed by atoms with Crippen molar-refractivity contribution in [3.63, 3.8) is 0 Å². The predicted molar refractivity (Wildman–Crippen MR) is 113 cm³/mol. The summed E-state index contributed by atoms with van der Waals surface area (Å²) in [7, 11) is 0. The Bertz CT molecular complexity index is 958. The molecule has 1 atom stereocenters. The van der Waals surface area contributed by atoms with Crippen LogP contribution in [0.4, 0.5) is 11.6 Å². The predicted octanol–water partition coefficient (Wildman–Crippen LogP) is 2.98. The Morgan fingerprint density at radius 2 is 1.97 bits per heavy atom. The highest BCUT2D eigenvalue weighted by Crippen LogP contribution is 2.29. The summed E-state index contributed by atoms with van der Waals surface area (Å²) in [6.07, 6.45) is 6.79. The molecule has 0 radical (unpaired) electrons. The zero-order valence-electron chi connectivity index (χ0n) is 16.8. The van der Waals surface area contributed by atoms with E-state index < -0.39 is 0 Å². The second-order valence-corrected chi connectivity index (χ2v) is 7.45. The highest BCUT2D eigenvalue weighted by atomic mass is 16.3. The van der Waals surface area contributed by atoms with Gasteiger partial charge in [0.2, 0.25) is 0 Å². The normalized spacial score (nSPS) is 14.4. The minimum atomic E-state index is -0.0695. The maximum atomic E-state index is 9.57. The van der Waals surface area contributed by atoms with E-state index in [1.54, 1.807) is 6.33 Å². The number of aromatic nitrogens is 4. The number of aliphatic hydroxyl groups is 1. The maximum absolute atomic E-state index is 9.57. The third kappa shape index (κ3) is 4.35. The minimum absolute atomic E-state index is 0.0695. The summed E-state index contributed by atoms with van der Waals surface area (Å²) in [4.78, 5) is 20.3. The number of hydrogen-bond acceptors (Lipinski definition) is 7. The fraction of sp³-hybridized carbons (Fsp3) is 0.364. The monoisotopic (exact) mass is 390 g/mol. The molecule has 2 N–H and O–H groups in total. The van der Waals surface area contributed by atoms with Crippen LogP contribution in [0.15, 0.2) is 43.0 Å². The van der Waals surface area contributed by atoms with Gasteiger partial charge in [-0.25, -0.2) is 15.0 Å². The van der Waals surface area contributed by atoms with Crippen LogP contribution in [0.25, 0.3) is 0 Å². The van der Waals surface area contributed by atoms with Crippen molar-refractivity contribution in [3.05, 3.63) is 71.1 Å². The number of nitrogens with zero attached hydrogens (tertiary/aromatic N) is 5. The van der Waals surface area contributed by atoms with Crippen molar-refractivity contribution in [1.29, 1.82) is 0 Å². The summed E-state index contributed by atoms with van der Waals surface area (Å²) >= 11 is 0. The zero-order valence-corrected chi connectivity index (χ0v) is 16.8. The van der Waals surface area contributed by atoms with Crippen molar-refractivity contribution in [1.82, 2.24) is 19.9 Å². The molecule has 0 aromatic carbocycles. The molecule has 1 aliphatic rings. The van der Waals surface area contributed by atoms with E-state index in [-0.39, 0.29) is 12.6 Å². The number of aliphatic hydroxyl groups excluding tert-OH is 1. The van der Waals surface area contributed by atoms with E-state index in [0.717, 1.165) is 52.7 Å². The molecule has 3 aromatic heterocycles. The van der Waals surface area contributed by atoms with Crippen molar-refractivity contribution in [2.45, 2.75) is 39.3 Å². The van der Waals surface area contributed by atoms with Gasteiger partial charge in [-0.15, -0.1) is 0 Å². The quantitative estimate of drug-likeness (QED) is 0.669. The Labute approximate surface area is 170 Å². The lowest BCUT2D eigenvalue weighted by Gasteiger charge is -2.31. The first-order valence-electron chi connectivity index (χ1n) is 9.94. The average molecular weight is 390 g/mol. The topological polar surface area (TPSA) is 87.1 Å². The zero-order chi connectivity index (χ0) is 20.2. The number of hydrogen-bond donors (Lipinski definition) is 2. The molecule has 0 saturated carbocycles. The first kappa shape index (κ1) is 19.3. The van der Waals surface area contributed by atoms with E-state index in [0.29, 0.717) is 13.0 Å². The first-order valence-corrected chi connectivity index (χ1v) is 9.94. The highest BCUT2D eigenvalue weighted by molar-refractivity contribution is 5.53. The SMILES string of the molecule is Cc1ccc(N2CCc3ncnc(NC(CCO)c4ccc(C)nc4)c3C2)nc1. The molecular formula is C22H26N6O. The number of rotatable bonds is 6. The largest absolute Gasteiger partial charge is 0.396 e. The molecule has 0 aliphatic carbocycles. The average Bonchev–Trinajstić information content (AvgIpc) is 2.74. The van der Waals surface area contributed by atoms with Crippen LogP contribution in [-0.4, -0.2) is 38.2 Å². The summed E-state index contributed by atoms with van der Waals surface area (Å²) in [6, 6.07) is 8.11. The number of anilines is 2. The van der Waals surface area contributed by atoms with Gasteiger partial charge in [0.05, 0.1) is 11.7 Å². The summed E-state index contributed by atoms with van der Waals surface area (Å²) in [5, 5.41) is 13.1. The van der Waals surface area contributed by atoms with Crippen molar-refractivity contribution in [2.75, 3.05) is 23.4 Å². The van der Waals surface area contributed by atoms with Crippen LogP contribution >= 0.6 is 0 Å². The smallest absolute Gasteiger partial charge is 0.135 e. The Kier molecular flexibility index (Phi) is 5.67. The number of pyridine rings is 2. The van der Waals surface area contributed by atoms with E-state index >= 15 is 0 Å². The molecule has 7 heteroatoms. The van der Waals surface area contributed by atoms with Crippen LogP contribution in [0.2, 0.25) is 0 Å². The van der Waals surface area contributed by atoms with Gasteiger partial charge in [0, 0.05) is 49.8 Å². The van der Waals surface area contributed by atoms with Crippen LogP contribution in [0.3, 0.4) is 0 Å².